The van der Waals surface area contributed by atoms with Crippen LogP contribution in [0.4, 0.5) is 0 Å². The summed E-state index contributed by atoms with van der Waals surface area (Å²) in [4.78, 5) is 0. The van der Waals surface area contributed by atoms with Crippen LogP contribution in [0, 0.1) is 5.41 Å². The van der Waals surface area contributed by atoms with Crippen LogP contribution in [0.1, 0.15) is 27.2 Å². The second kappa shape index (κ2) is 3.47. The monoisotopic (exact) mass is 148 g/mol. The molecule has 0 amide bonds. The number of aliphatic hydroxyl groups is 1. The Morgan fingerprint density at radius 3 is 2.00 bits per heavy atom. The standard InChI is InChI=1S/C7H16OS/c1-7(2,3)6(8)4-5-9/h6,8-9H,4-5H2,1-3H3. The first-order valence-electron chi connectivity index (χ1n) is 3.27. The minimum Gasteiger partial charge on any atom is -0.393 e. The van der Waals surface area contributed by atoms with E-state index in [1.165, 1.54) is 0 Å². The predicted molar refractivity (Wildman–Crippen MR) is 43.9 cm³/mol. The molecule has 1 nitrogen and oxygen atoms in total. The van der Waals surface area contributed by atoms with E-state index >= 15 is 0 Å². The molecule has 0 rings (SSSR count). The Morgan fingerprint density at radius 1 is 1.44 bits per heavy atom. The summed E-state index contributed by atoms with van der Waals surface area (Å²) in [6, 6.07) is 0. The Kier molecular flexibility index (Phi) is 3.59. The molecule has 1 atom stereocenters. The van der Waals surface area contributed by atoms with Crippen molar-refractivity contribution >= 4 is 12.6 Å². The second-order valence-electron chi connectivity index (χ2n) is 3.39. The highest BCUT2D eigenvalue weighted by molar-refractivity contribution is 7.80. The Bertz CT molecular complexity index is 75.5. The molecule has 1 unspecified atom stereocenters. The van der Waals surface area contributed by atoms with Crippen LogP contribution in [0.2, 0.25) is 0 Å². The summed E-state index contributed by atoms with van der Waals surface area (Å²) in [6.07, 6.45) is 0.571. The average Bonchev–Trinajstić information content (AvgIpc) is 1.64. The second-order valence-corrected chi connectivity index (χ2v) is 3.84. The van der Waals surface area contributed by atoms with E-state index in [1.807, 2.05) is 20.8 Å². The third-order valence-electron chi connectivity index (χ3n) is 1.40. The molecule has 56 valence electrons. The highest BCUT2D eigenvalue weighted by Crippen LogP contribution is 2.21. The Hall–Kier alpha value is 0.310. The smallest absolute Gasteiger partial charge is 0.0596 e. The molecule has 0 spiro atoms. The summed E-state index contributed by atoms with van der Waals surface area (Å²) in [7, 11) is 0. The predicted octanol–water partition coefficient (Wildman–Crippen LogP) is 1.71. The van der Waals surface area contributed by atoms with Crippen LogP contribution in [0.15, 0.2) is 0 Å². The molecule has 0 aliphatic carbocycles. The lowest BCUT2D eigenvalue weighted by atomic mass is 9.88. The van der Waals surface area contributed by atoms with Gasteiger partial charge < -0.3 is 5.11 Å². The first-order valence-corrected chi connectivity index (χ1v) is 3.90. The van der Waals surface area contributed by atoms with E-state index < -0.39 is 0 Å². The topological polar surface area (TPSA) is 20.2 Å². The van der Waals surface area contributed by atoms with Crippen molar-refractivity contribution in [3.05, 3.63) is 0 Å². The van der Waals surface area contributed by atoms with E-state index in [0.717, 1.165) is 12.2 Å². The summed E-state index contributed by atoms with van der Waals surface area (Å²) in [5.41, 5.74) is 0.0166. The quantitative estimate of drug-likeness (QED) is 0.571. The van der Waals surface area contributed by atoms with Gasteiger partial charge in [0.15, 0.2) is 0 Å². The van der Waals surface area contributed by atoms with Crippen LogP contribution in [0.5, 0.6) is 0 Å². The van der Waals surface area contributed by atoms with E-state index in [-0.39, 0.29) is 11.5 Å². The molecule has 0 aromatic heterocycles. The molecular formula is C7H16OS. The van der Waals surface area contributed by atoms with E-state index in [0.29, 0.717) is 0 Å². The van der Waals surface area contributed by atoms with Gasteiger partial charge in [0.1, 0.15) is 0 Å². The number of hydrogen-bond acceptors (Lipinski definition) is 2. The highest BCUT2D eigenvalue weighted by atomic mass is 32.1. The normalized spacial score (nSPS) is 15.7. The molecule has 0 aromatic rings. The van der Waals surface area contributed by atoms with Gasteiger partial charge in [-0.2, -0.15) is 12.6 Å². The van der Waals surface area contributed by atoms with Crippen LogP contribution in [-0.4, -0.2) is 17.0 Å². The maximum absolute atomic E-state index is 9.34. The third kappa shape index (κ3) is 3.82. The van der Waals surface area contributed by atoms with E-state index in [2.05, 4.69) is 12.6 Å². The largest absolute Gasteiger partial charge is 0.393 e. The maximum Gasteiger partial charge on any atom is 0.0596 e. The summed E-state index contributed by atoms with van der Waals surface area (Å²) >= 11 is 4.03. The van der Waals surface area contributed by atoms with E-state index in [9.17, 15) is 5.11 Å². The minimum atomic E-state index is -0.213. The van der Waals surface area contributed by atoms with Gasteiger partial charge >= 0.3 is 0 Å². The fourth-order valence-electron chi connectivity index (χ4n) is 0.555. The van der Waals surface area contributed by atoms with Crippen molar-refractivity contribution in [1.82, 2.24) is 0 Å². The lowest BCUT2D eigenvalue weighted by Crippen LogP contribution is -2.26. The molecule has 0 saturated carbocycles. The Labute approximate surface area is 62.9 Å². The summed E-state index contributed by atoms with van der Waals surface area (Å²) < 4.78 is 0. The Balaban J connectivity index is 3.59. The van der Waals surface area contributed by atoms with Crippen LogP contribution in [0.3, 0.4) is 0 Å². The molecule has 0 aliphatic rings. The van der Waals surface area contributed by atoms with Crippen molar-refractivity contribution in [2.24, 2.45) is 5.41 Å². The molecule has 0 fully saturated rings. The zero-order chi connectivity index (χ0) is 7.49. The van der Waals surface area contributed by atoms with Gasteiger partial charge in [-0.05, 0) is 17.6 Å². The summed E-state index contributed by atoms with van der Waals surface area (Å²) in [5, 5.41) is 9.34. The molecule has 1 N–H and O–H groups in total. The average molecular weight is 148 g/mol. The zero-order valence-corrected chi connectivity index (χ0v) is 7.28. The molecule has 2 heteroatoms. The van der Waals surface area contributed by atoms with Crippen LogP contribution < -0.4 is 0 Å². The first kappa shape index (κ1) is 9.31. The van der Waals surface area contributed by atoms with E-state index in [4.69, 9.17) is 0 Å². The van der Waals surface area contributed by atoms with Crippen molar-refractivity contribution in [1.29, 1.82) is 0 Å². The van der Waals surface area contributed by atoms with Gasteiger partial charge in [0, 0.05) is 0 Å². The van der Waals surface area contributed by atoms with Crippen LogP contribution >= 0.6 is 12.6 Å². The van der Waals surface area contributed by atoms with E-state index in [1.54, 1.807) is 0 Å². The SMILES string of the molecule is CC(C)(C)C(O)CCS. The molecule has 0 bridgehead atoms. The summed E-state index contributed by atoms with van der Waals surface area (Å²) in [5.74, 6) is 0.762. The van der Waals surface area contributed by atoms with Gasteiger partial charge in [0.25, 0.3) is 0 Å². The molecular weight excluding hydrogens is 132 g/mol. The fourth-order valence-corrected chi connectivity index (χ4v) is 0.800. The van der Waals surface area contributed by atoms with Gasteiger partial charge in [-0.3, -0.25) is 0 Å². The molecule has 0 aliphatic heterocycles. The van der Waals surface area contributed by atoms with Crippen molar-refractivity contribution in [3.8, 4) is 0 Å². The van der Waals surface area contributed by atoms with Crippen molar-refractivity contribution in [3.63, 3.8) is 0 Å². The number of thiol groups is 1. The lowest BCUT2D eigenvalue weighted by molar-refractivity contribution is 0.0611. The van der Waals surface area contributed by atoms with Gasteiger partial charge in [-0.25, -0.2) is 0 Å². The number of hydrogen-bond donors (Lipinski definition) is 2. The van der Waals surface area contributed by atoms with Gasteiger partial charge in [0.05, 0.1) is 6.10 Å². The van der Waals surface area contributed by atoms with Crippen LogP contribution in [0.25, 0.3) is 0 Å². The number of rotatable bonds is 2. The van der Waals surface area contributed by atoms with Crippen molar-refractivity contribution in [2.75, 3.05) is 5.75 Å². The highest BCUT2D eigenvalue weighted by Gasteiger charge is 2.20. The molecule has 0 radical (unpaired) electrons. The van der Waals surface area contributed by atoms with Crippen LogP contribution in [-0.2, 0) is 0 Å². The minimum absolute atomic E-state index is 0.0166. The first-order chi connectivity index (χ1) is 3.98. The summed E-state index contributed by atoms with van der Waals surface area (Å²) in [6.45, 7) is 6.09. The lowest BCUT2D eigenvalue weighted by Gasteiger charge is -2.24. The van der Waals surface area contributed by atoms with Gasteiger partial charge in [-0.1, -0.05) is 20.8 Å². The number of aliphatic hydroxyl groups excluding tert-OH is 1. The van der Waals surface area contributed by atoms with Gasteiger partial charge in [0.2, 0.25) is 0 Å². The fraction of sp³-hybridized carbons (Fsp3) is 1.00. The molecule has 9 heavy (non-hydrogen) atoms. The van der Waals surface area contributed by atoms with Crippen molar-refractivity contribution < 1.29 is 5.11 Å². The molecule has 0 aromatic carbocycles. The zero-order valence-electron chi connectivity index (χ0n) is 6.39. The third-order valence-corrected chi connectivity index (χ3v) is 1.66. The Morgan fingerprint density at radius 2 is 1.89 bits per heavy atom. The molecule has 0 heterocycles. The van der Waals surface area contributed by atoms with Crippen molar-refractivity contribution in [2.45, 2.75) is 33.3 Å². The van der Waals surface area contributed by atoms with Gasteiger partial charge in [-0.15, -0.1) is 0 Å². The molecule has 0 saturated heterocycles. The maximum atomic E-state index is 9.34.